The summed E-state index contributed by atoms with van der Waals surface area (Å²) in [6.07, 6.45) is 0.196. The van der Waals surface area contributed by atoms with Crippen LogP contribution in [0.4, 0.5) is 0 Å². The third-order valence-corrected chi connectivity index (χ3v) is 10.9. The number of nitrogens with one attached hydrogen (secondary N) is 2. The van der Waals surface area contributed by atoms with Crippen LogP contribution in [0.3, 0.4) is 0 Å². The van der Waals surface area contributed by atoms with Gasteiger partial charge in [-0.2, -0.15) is 0 Å². The number of aliphatic hydroxyl groups excluding tert-OH is 1. The first-order valence-electron chi connectivity index (χ1n) is 20.2. The minimum atomic E-state index is -0.872. The summed E-state index contributed by atoms with van der Waals surface area (Å²) in [6.45, 7) is 24.3. The van der Waals surface area contributed by atoms with Crippen LogP contribution in [0.2, 0.25) is 0 Å². The number of hydrogen-bond acceptors (Lipinski definition) is 7. The molecule has 54 heavy (non-hydrogen) atoms. The van der Waals surface area contributed by atoms with Crippen molar-refractivity contribution in [2.75, 3.05) is 27.8 Å². The minimum absolute atomic E-state index is 0.00200. The molecule has 0 aromatic heterocycles. The van der Waals surface area contributed by atoms with Gasteiger partial charge in [0.1, 0.15) is 6.04 Å². The molecule has 2 rings (SSSR count). The Morgan fingerprint density at radius 1 is 0.852 bits per heavy atom. The number of ether oxygens (including phenoxy) is 2. The Bertz CT molecular complexity index is 1270. The van der Waals surface area contributed by atoms with Gasteiger partial charge in [0.05, 0.1) is 48.8 Å². The molecule has 11 nitrogen and oxygen atoms in total. The van der Waals surface area contributed by atoms with Crippen molar-refractivity contribution >= 4 is 23.6 Å². The third kappa shape index (κ3) is 14.2. The van der Waals surface area contributed by atoms with Crippen LogP contribution in [0.1, 0.15) is 120 Å². The molecule has 10 atom stereocenters. The van der Waals surface area contributed by atoms with E-state index in [1.165, 1.54) is 0 Å². The van der Waals surface area contributed by atoms with Crippen LogP contribution >= 0.6 is 0 Å². The average Bonchev–Trinajstić information content (AvgIpc) is 3.62. The molecule has 3 N–H and O–H groups in total. The van der Waals surface area contributed by atoms with E-state index in [9.17, 15) is 24.3 Å². The van der Waals surface area contributed by atoms with Crippen molar-refractivity contribution in [3.63, 3.8) is 0 Å². The quantitative estimate of drug-likeness (QED) is 0.152. The highest BCUT2D eigenvalue weighted by Crippen LogP contribution is 2.30. The van der Waals surface area contributed by atoms with E-state index in [0.717, 1.165) is 18.8 Å². The van der Waals surface area contributed by atoms with Crippen LogP contribution in [0.25, 0.3) is 0 Å². The molecule has 1 heterocycles. The summed E-state index contributed by atoms with van der Waals surface area (Å²) in [7, 11) is 4.86. The van der Waals surface area contributed by atoms with E-state index in [0.29, 0.717) is 18.5 Å². The fraction of sp³-hybridized carbons (Fsp3) is 0.767. The molecule has 10 unspecified atom stereocenters. The van der Waals surface area contributed by atoms with Gasteiger partial charge in [0.15, 0.2) is 0 Å². The van der Waals surface area contributed by atoms with E-state index in [2.05, 4.69) is 31.4 Å². The molecule has 310 valence electrons. The van der Waals surface area contributed by atoms with Gasteiger partial charge in [0, 0.05) is 33.7 Å². The zero-order valence-electron chi connectivity index (χ0n) is 36.2. The van der Waals surface area contributed by atoms with E-state index < -0.39 is 42.4 Å². The Labute approximate surface area is 327 Å². The second-order valence-corrected chi connectivity index (χ2v) is 16.7. The van der Waals surface area contributed by atoms with Gasteiger partial charge in [-0.3, -0.25) is 19.2 Å². The molecule has 11 heteroatoms. The van der Waals surface area contributed by atoms with Crippen LogP contribution in [0.15, 0.2) is 30.3 Å². The molecule has 1 aromatic carbocycles. The first kappa shape index (κ1) is 49.0. The van der Waals surface area contributed by atoms with Crippen LogP contribution in [-0.2, 0) is 28.7 Å². The highest BCUT2D eigenvalue weighted by atomic mass is 16.5. The molecule has 0 aliphatic carbocycles. The summed E-state index contributed by atoms with van der Waals surface area (Å²) in [6, 6.07) is 7.18. The molecule has 0 radical (unpaired) electrons. The predicted molar refractivity (Wildman–Crippen MR) is 216 cm³/mol. The Balaban J connectivity index is 0.00000346. The molecule has 1 aliphatic heterocycles. The Morgan fingerprint density at radius 2 is 1.41 bits per heavy atom. The first-order valence-corrected chi connectivity index (χ1v) is 20.2. The monoisotopic (exact) mass is 761 g/mol. The number of carbonyl (C=O) groups excluding carboxylic acids is 4. The van der Waals surface area contributed by atoms with E-state index in [1.54, 1.807) is 44.9 Å². The molecular weight excluding hydrogens is 684 g/mol. The van der Waals surface area contributed by atoms with Crippen LogP contribution < -0.4 is 10.6 Å². The van der Waals surface area contributed by atoms with Gasteiger partial charge < -0.3 is 35.0 Å². The molecule has 1 aromatic rings. The number of benzene rings is 1. The first-order chi connectivity index (χ1) is 25.2. The molecule has 0 spiro atoms. The normalized spacial score (nSPS) is 19.5. The number of aliphatic hydroxyl groups is 1. The number of nitrogens with zero attached hydrogens (tertiary/aromatic N) is 2. The molecule has 1 fully saturated rings. The van der Waals surface area contributed by atoms with Gasteiger partial charge in [0.25, 0.3) is 0 Å². The van der Waals surface area contributed by atoms with Crippen molar-refractivity contribution in [2.24, 2.45) is 35.5 Å². The molecule has 0 bridgehead atoms. The number of methoxy groups -OCH3 is 2. The largest absolute Gasteiger partial charge is 0.386 e. The number of rotatable bonds is 19. The van der Waals surface area contributed by atoms with Gasteiger partial charge in [-0.15, -0.1) is 0 Å². The zero-order valence-corrected chi connectivity index (χ0v) is 36.2. The van der Waals surface area contributed by atoms with E-state index in [-0.39, 0.29) is 59.8 Å². The van der Waals surface area contributed by atoms with Gasteiger partial charge >= 0.3 is 0 Å². The topological polar surface area (TPSA) is 138 Å². The smallest absolute Gasteiger partial charge is 0.245 e. The van der Waals surface area contributed by atoms with Crippen molar-refractivity contribution in [1.29, 1.82) is 0 Å². The molecule has 1 saturated heterocycles. The lowest BCUT2D eigenvalue weighted by Gasteiger charge is -2.41. The maximum atomic E-state index is 14.1. The van der Waals surface area contributed by atoms with Gasteiger partial charge in [0.2, 0.25) is 23.6 Å². The standard InChI is InChI=1S/C39H66N4O7.C4H10/c1-13-25(6)34(42(10)39(48)33(24(4)5)41-37(46)26(7)23(2)3)31(49-11)22-32(44)43-21-17-20-30(43)36(50-12)27(8)38(47)40-28(9)35(45)29-18-15-14-16-19-29;1-4(2)3/h14-16,18-19,23-28,30-31,33-36,45H,13,17,20-22H2,1-12H3,(H,40,47)(H,41,46);4H,1-3H3. The van der Waals surface area contributed by atoms with Gasteiger partial charge in [-0.05, 0) is 49.0 Å². The Morgan fingerprint density at radius 3 is 1.89 bits per heavy atom. The highest BCUT2D eigenvalue weighted by molar-refractivity contribution is 5.89. The fourth-order valence-electron chi connectivity index (χ4n) is 7.00. The number of amides is 4. The lowest BCUT2D eigenvalue weighted by Crippen LogP contribution is -2.58. The van der Waals surface area contributed by atoms with Gasteiger partial charge in [-0.25, -0.2) is 0 Å². The molecule has 4 amide bonds. The summed E-state index contributed by atoms with van der Waals surface area (Å²) in [4.78, 5) is 58.0. The second-order valence-electron chi connectivity index (χ2n) is 16.7. The number of hydrogen-bond donors (Lipinski definition) is 3. The van der Waals surface area contributed by atoms with Crippen molar-refractivity contribution in [2.45, 2.75) is 151 Å². The third-order valence-electron chi connectivity index (χ3n) is 10.9. The number of carbonyl (C=O) groups is 4. The number of likely N-dealkylation sites (tertiary alicyclic amines) is 1. The maximum absolute atomic E-state index is 14.1. The summed E-state index contributed by atoms with van der Waals surface area (Å²) >= 11 is 0. The summed E-state index contributed by atoms with van der Waals surface area (Å²) in [5, 5.41) is 16.7. The van der Waals surface area contributed by atoms with E-state index in [1.807, 2.05) is 78.8 Å². The van der Waals surface area contributed by atoms with Crippen molar-refractivity contribution < 1.29 is 33.8 Å². The molecular formula is C43H76N4O7. The van der Waals surface area contributed by atoms with Crippen molar-refractivity contribution in [1.82, 2.24) is 20.4 Å². The summed E-state index contributed by atoms with van der Waals surface area (Å²) in [5.41, 5.74) is 0.713. The predicted octanol–water partition coefficient (Wildman–Crippen LogP) is 6.24. The molecule has 1 aliphatic rings. The second kappa shape index (κ2) is 23.8. The lowest BCUT2D eigenvalue weighted by atomic mass is 9.89. The van der Waals surface area contributed by atoms with Crippen molar-refractivity contribution in [3.8, 4) is 0 Å². The zero-order chi connectivity index (χ0) is 41.4. The van der Waals surface area contributed by atoms with Crippen LogP contribution in [0.5, 0.6) is 0 Å². The summed E-state index contributed by atoms with van der Waals surface area (Å²) in [5.74, 6) is -0.785. The van der Waals surface area contributed by atoms with E-state index in [4.69, 9.17) is 9.47 Å². The minimum Gasteiger partial charge on any atom is -0.386 e. The molecule has 0 saturated carbocycles. The number of likely N-dealkylation sites (N-methyl/N-ethyl adjacent to an activating group) is 1. The van der Waals surface area contributed by atoms with Crippen LogP contribution in [-0.4, -0.2) is 103 Å². The van der Waals surface area contributed by atoms with Crippen molar-refractivity contribution in [3.05, 3.63) is 35.9 Å². The average molecular weight is 761 g/mol. The highest BCUT2D eigenvalue weighted by Gasteiger charge is 2.43. The Kier molecular flexibility index (Phi) is 21.6. The maximum Gasteiger partial charge on any atom is 0.245 e. The van der Waals surface area contributed by atoms with E-state index >= 15 is 0 Å². The Hall–Kier alpha value is -3.02. The summed E-state index contributed by atoms with van der Waals surface area (Å²) < 4.78 is 11.9. The fourth-order valence-corrected chi connectivity index (χ4v) is 7.00. The van der Waals surface area contributed by atoms with Gasteiger partial charge in [-0.1, -0.05) is 113 Å². The SMILES string of the molecule is CC(C)C.CCC(C)C(C(CC(=O)N1CCCC1C(OC)C(C)C(=O)NC(C)C(O)c1ccccc1)OC)N(C)C(=O)C(NC(=O)C(C)C(C)C)C(C)C. The van der Waals surface area contributed by atoms with Crippen LogP contribution in [0, 0.1) is 35.5 Å². The lowest BCUT2D eigenvalue weighted by molar-refractivity contribution is -0.148.